The van der Waals surface area contributed by atoms with Crippen molar-refractivity contribution in [2.75, 3.05) is 49.7 Å². The highest BCUT2D eigenvalue weighted by Gasteiger charge is 2.27. The van der Waals surface area contributed by atoms with Gasteiger partial charge in [-0.1, -0.05) is 25.6 Å². The van der Waals surface area contributed by atoms with E-state index in [0.29, 0.717) is 6.04 Å². The molecule has 1 aromatic heterocycles. The van der Waals surface area contributed by atoms with Crippen LogP contribution in [0.5, 0.6) is 0 Å². The Bertz CT molecular complexity index is 413. The van der Waals surface area contributed by atoms with Gasteiger partial charge in [-0.3, -0.25) is 4.90 Å². The third-order valence-electron chi connectivity index (χ3n) is 3.95. The molecular formula is C14H25N5S. The zero-order valence-corrected chi connectivity index (χ0v) is 13.7. The Morgan fingerprint density at radius 2 is 2.15 bits per heavy atom. The average Bonchev–Trinajstić information content (AvgIpc) is 2.97. The standard InChI is InChI=1S/C14H25N5S/c1-5-18(6-2)11-7-8-19(10-11)13-9-12(15-3)16-14(17-13)20-4/h9,11H,5-8,10H2,1-4H3,(H,15,16,17). The van der Waals surface area contributed by atoms with E-state index < -0.39 is 0 Å². The monoisotopic (exact) mass is 295 g/mol. The van der Waals surface area contributed by atoms with Crippen LogP contribution in [0, 0.1) is 0 Å². The first-order valence-corrected chi connectivity index (χ1v) is 8.54. The van der Waals surface area contributed by atoms with Crippen LogP contribution in [-0.2, 0) is 0 Å². The first-order chi connectivity index (χ1) is 9.71. The molecule has 0 saturated carbocycles. The molecule has 1 aliphatic heterocycles. The molecule has 1 aliphatic rings. The predicted octanol–water partition coefficient (Wildman–Crippen LogP) is 2.16. The molecule has 1 unspecified atom stereocenters. The van der Waals surface area contributed by atoms with Crippen molar-refractivity contribution >= 4 is 23.4 Å². The largest absolute Gasteiger partial charge is 0.373 e. The first-order valence-electron chi connectivity index (χ1n) is 7.31. The molecule has 0 spiro atoms. The minimum absolute atomic E-state index is 0.649. The maximum absolute atomic E-state index is 4.65. The fourth-order valence-electron chi connectivity index (χ4n) is 2.78. The Balaban J connectivity index is 2.13. The summed E-state index contributed by atoms with van der Waals surface area (Å²) in [5.41, 5.74) is 0. The molecule has 5 nitrogen and oxygen atoms in total. The molecule has 1 fully saturated rings. The molecule has 0 bridgehead atoms. The summed E-state index contributed by atoms with van der Waals surface area (Å²) in [6.07, 6.45) is 3.23. The number of likely N-dealkylation sites (N-methyl/N-ethyl adjacent to an activating group) is 1. The lowest BCUT2D eigenvalue weighted by Gasteiger charge is -2.26. The molecule has 2 heterocycles. The van der Waals surface area contributed by atoms with Gasteiger partial charge in [0.25, 0.3) is 0 Å². The van der Waals surface area contributed by atoms with Gasteiger partial charge in [-0.2, -0.15) is 0 Å². The lowest BCUT2D eigenvalue weighted by atomic mass is 10.2. The Morgan fingerprint density at radius 3 is 2.75 bits per heavy atom. The highest BCUT2D eigenvalue weighted by molar-refractivity contribution is 7.98. The molecule has 2 rings (SSSR count). The Hall–Kier alpha value is -1.01. The van der Waals surface area contributed by atoms with E-state index in [4.69, 9.17) is 0 Å². The number of nitrogens with zero attached hydrogens (tertiary/aromatic N) is 4. The van der Waals surface area contributed by atoms with Gasteiger partial charge in [0.2, 0.25) is 0 Å². The van der Waals surface area contributed by atoms with Crippen LogP contribution in [0.25, 0.3) is 0 Å². The van der Waals surface area contributed by atoms with Crippen molar-refractivity contribution in [3.8, 4) is 0 Å². The number of anilines is 2. The lowest BCUT2D eigenvalue weighted by Crippen LogP contribution is -2.37. The molecule has 1 saturated heterocycles. The Morgan fingerprint density at radius 1 is 1.40 bits per heavy atom. The van der Waals surface area contributed by atoms with Gasteiger partial charge in [-0.05, 0) is 25.8 Å². The van der Waals surface area contributed by atoms with Crippen molar-refractivity contribution in [1.82, 2.24) is 14.9 Å². The van der Waals surface area contributed by atoms with Crippen LogP contribution < -0.4 is 10.2 Å². The number of nitrogens with one attached hydrogen (secondary N) is 1. The number of thioether (sulfide) groups is 1. The summed E-state index contributed by atoms with van der Waals surface area (Å²) in [5, 5.41) is 3.95. The Kier molecular flexibility index (Phi) is 5.48. The summed E-state index contributed by atoms with van der Waals surface area (Å²) in [7, 11) is 1.90. The van der Waals surface area contributed by atoms with Crippen LogP contribution in [-0.4, -0.2) is 60.4 Å². The number of rotatable bonds is 6. The number of aromatic nitrogens is 2. The van der Waals surface area contributed by atoms with Gasteiger partial charge in [0, 0.05) is 32.2 Å². The van der Waals surface area contributed by atoms with Crippen LogP contribution in [0.1, 0.15) is 20.3 Å². The summed E-state index contributed by atoms with van der Waals surface area (Å²) < 4.78 is 0. The Labute approximate surface area is 126 Å². The lowest BCUT2D eigenvalue weighted by molar-refractivity contribution is 0.232. The maximum Gasteiger partial charge on any atom is 0.191 e. The summed E-state index contributed by atoms with van der Waals surface area (Å²) >= 11 is 1.59. The zero-order valence-electron chi connectivity index (χ0n) is 12.9. The second kappa shape index (κ2) is 7.13. The van der Waals surface area contributed by atoms with Gasteiger partial charge in [0.1, 0.15) is 11.6 Å². The third kappa shape index (κ3) is 3.35. The normalized spacial score (nSPS) is 18.9. The summed E-state index contributed by atoms with van der Waals surface area (Å²) in [6, 6.07) is 2.69. The predicted molar refractivity (Wildman–Crippen MR) is 86.9 cm³/mol. The fourth-order valence-corrected chi connectivity index (χ4v) is 3.16. The van der Waals surface area contributed by atoms with Gasteiger partial charge >= 0.3 is 0 Å². The number of hydrogen-bond donors (Lipinski definition) is 1. The van der Waals surface area contributed by atoms with Crippen molar-refractivity contribution in [3.05, 3.63) is 6.07 Å². The first kappa shape index (κ1) is 15.4. The third-order valence-corrected chi connectivity index (χ3v) is 4.49. The van der Waals surface area contributed by atoms with Crippen molar-refractivity contribution in [3.63, 3.8) is 0 Å². The highest BCUT2D eigenvalue weighted by Crippen LogP contribution is 2.25. The van der Waals surface area contributed by atoms with Crippen LogP contribution in [0.3, 0.4) is 0 Å². The van der Waals surface area contributed by atoms with Crippen molar-refractivity contribution in [2.24, 2.45) is 0 Å². The highest BCUT2D eigenvalue weighted by atomic mass is 32.2. The molecule has 20 heavy (non-hydrogen) atoms. The second-order valence-electron chi connectivity index (χ2n) is 4.96. The van der Waals surface area contributed by atoms with Crippen molar-refractivity contribution < 1.29 is 0 Å². The van der Waals surface area contributed by atoms with Gasteiger partial charge in [-0.15, -0.1) is 0 Å². The van der Waals surface area contributed by atoms with Crippen LogP contribution in [0.4, 0.5) is 11.6 Å². The smallest absolute Gasteiger partial charge is 0.191 e. The maximum atomic E-state index is 4.65. The summed E-state index contributed by atoms with van der Waals surface area (Å²) in [4.78, 5) is 14.0. The molecule has 1 aromatic rings. The minimum Gasteiger partial charge on any atom is -0.373 e. The molecular weight excluding hydrogens is 270 g/mol. The second-order valence-corrected chi connectivity index (χ2v) is 5.73. The van der Waals surface area contributed by atoms with Gasteiger partial charge in [0.05, 0.1) is 0 Å². The van der Waals surface area contributed by atoms with E-state index in [1.807, 2.05) is 19.4 Å². The average molecular weight is 295 g/mol. The quantitative estimate of drug-likeness (QED) is 0.641. The number of hydrogen-bond acceptors (Lipinski definition) is 6. The van der Waals surface area contributed by atoms with E-state index in [1.165, 1.54) is 6.42 Å². The van der Waals surface area contributed by atoms with Crippen LogP contribution >= 0.6 is 11.8 Å². The minimum atomic E-state index is 0.649. The molecule has 1 atom stereocenters. The van der Waals surface area contributed by atoms with Gasteiger partial charge in [0.15, 0.2) is 5.16 Å². The zero-order chi connectivity index (χ0) is 14.5. The molecule has 6 heteroatoms. The van der Waals surface area contributed by atoms with Crippen LogP contribution in [0.15, 0.2) is 11.2 Å². The molecule has 1 N–H and O–H groups in total. The fraction of sp³-hybridized carbons (Fsp3) is 0.714. The van der Waals surface area contributed by atoms with Crippen molar-refractivity contribution in [2.45, 2.75) is 31.5 Å². The van der Waals surface area contributed by atoms with E-state index in [-0.39, 0.29) is 0 Å². The summed E-state index contributed by atoms with van der Waals surface area (Å²) in [6.45, 7) is 8.86. The van der Waals surface area contributed by atoms with Gasteiger partial charge < -0.3 is 10.2 Å². The molecule has 0 amide bonds. The molecule has 112 valence electrons. The van der Waals surface area contributed by atoms with E-state index in [0.717, 1.165) is 43.0 Å². The van der Waals surface area contributed by atoms with Gasteiger partial charge in [-0.25, -0.2) is 9.97 Å². The van der Waals surface area contributed by atoms with Crippen molar-refractivity contribution in [1.29, 1.82) is 0 Å². The van der Waals surface area contributed by atoms with Crippen LogP contribution in [0.2, 0.25) is 0 Å². The molecule has 0 radical (unpaired) electrons. The summed E-state index contributed by atoms with van der Waals surface area (Å²) in [5.74, 6) is 1.94. The van der Waals surface area contributed by atoms with E-state index >= 15 is 0 Å². The van der Waals surface area contributed by atoms with E-state index in [1.54, 1.807) is 11.8 Å². The van der Waals surface area contributed by atoms with E-state index in [2.05, 4.69) is 38.9 Å². The SMILES string of the molecule is CCN(CC)C1CCN(c2cc(NC)nc(SC)n2)C1. The molecule has 0 aromatic carbocycles. The molecule has 0 aliphatic carbocycles. The van der Waals surface area contributed by atoms with E-state index in [9.17, 15) is 0 Å². The topological polar surface area (TPSA) is 44.3 Å².